The van der Waals surface area contributed by atoms with Crippen LogP contribution in [0.1, 0.15) is 60.1 Å². The lowest BCUT2D eigenvalue weighted by Gasteiger charge is -2.19. The molecule has 118 valence electrons. The zero-order valence-electron chi connectivity index (χ0n) is 14.9. The van der Waals surface area contributed by atoms with Gasteiger partial charge in [0.25, 0.3) is 0 Å². The fourth-order valence-corrected chi connectivity index (χ4v) is 2.65. The van der Waals surface area contributed by atoms with Crippen molar-refractivity contribution < 1.29 is 4.79 Å². The van der Waals surface area contributed by atoms with Crippen LogP contribution in [0.4, 0.5) is 0 Å². The molecule has 0 aliphatic carbocycles. The summed E-state index contributed by atoms with van der Waals surface area (Å²) in [5.41, 5.74) is 8.50. The third-order valence-electron chi connectivity index (χ3n) is 4.23. The summed E-state index contributed by atoms with van der Waals surface area (Å²) in [6.45, 7) is 14.2. The molecule has 0 aliphatic rings. The van der Waals surface area contributed by atoms with Gasteiger partial charge in [0.05, 0.1) is 0 Å². The van der Waals surface area contributed by atoms with E-state index >= 15 is 0 Å². The van der Waals surface area contributed by atoms with Gasteiger partial charge in [-0.2, -0.15) is 0 Å². The van der Waals surface area contributed by atoms with Gasteiger partial charge in [-0.05, 0) is 74.9 Å². The molecule has 0 bridgehead atoms. The van der Waals surface area contributed by atoms with Gasteiger partial charge in [-0.3, -0.25) is 0 Å². The van der Waals surface area contributed by atoms with Gasteiger partial charge < -0.3 is 4.79 Å². The van der Waals surface area contributed by atoms with E-state index in [2.05, 4.69) is 71.0 Å². The molecule has 1 nitrogen and oxygen atoms in total. The monoisotopic (exact) mass is 296 g/mol. The average molecular weight is 296 g/mol. The van der Waals surface area contributed by atoms with E-state index in [4.69, 9.17) is 0 Å². The maximum absolute atomic E-state index is 9.44. The zero-order chi connectivity index (χ0) is 16.9. The lowest BCUT2D eigenvalue weighted by molar-refractivity contribution is -0.114. The molecule has 22 heavy (non-hydrogen) atoms. The molecular formula is C21H28O. The van der Waals surface area contributed by atoms with Crippen molar-refractivity contribution in [2.75, 3.05) is 0 Å². The summed E-state index contributed by atoms with van der Waals surface area (Å²) in [4.78, 5) is 9.44. The molecule has 2 aromatic carbocycles. The Morgan fingerprint density at radius 1 is 0.773 bits per heavy atom. The summed E-state index contributed by atoms with van der Waals surface area (Å²) in [7, 11) is 0. The summed E-state index contributed by atoms with van der Waals surface area (Å²) < 4.78 is 0. The topological polar surface area (TPSA) is 17.1 Å². The van der Waals surface area contributed by atoms with Crippen molar-refractivity contribution in [1.82, 2.24) is 0 Å². The maximum Gasteiger partial charge on any atom is 0.126 e. The molecule has 0 unspecified atom stereocenters. The first kappa shape index (κ1) is 18.2. The van der Waals surface area contributed by atoms with Gasteiger partial charge in [0.2, 0.25) is 0 Å². The van der Waals surface area contributed by atoms with E-state index in [9.17, 15) is 4.79 Å². The highest BCUT2D eigenvalue weighted by Crippen LogP contribution is 2.30. The van der Waals surface area contributed by atoms with Gasteiger partial charge >= 0.3 is 0 Å². The van der Waals surface area contributed by atoms with E-state index in [1.807, 2.05) is 0 Å². The second kappa shape index (κ2) is 7.93. The maximum atomic E-state index is 9.44. The van der Waals surface area contributed by atoms with Crippen molar-refractivity contribution in [2.24, 2.45) is 0 Å². The number of carbonyl (C=O) groups is 1. The van der Waals surface area contributed by atoms with Crippen molar-refractivity contribution in [2.45, 2.75) is 54.4 Å². The summed E-state index contributed by atoms with van der Waals surface area (Å²) in [6, 6.07) is 13.2. The normalized spacial score (nSPS) is 10.2. The standard InChI is InChI=1S/C18H22.C3H6O/c1-12-8-6-10-17(14(12)3)16(5)18-11-7-9-13(2)15(18)4;1-3(2)4/h6-11,16H,1-5H3;1-2H3. The highest BCUT2D eigenvalue weighted by atomic mass is 16.1. The number of hydrogen-bond donors (Lipinski definition) is 0. The van der Waals surface area contributed by atoms with Crippen LogP contribution in [0.5, 0.6) is 0 Å². The first-order valence-corrected chi connectivity index (χ1v) is 7.85. The molecule has 0 heterocycles. The number of hydrogen-bond acceptors (Lipinski definition) is 1. The van der Waals surface area contributed by atoms with Crippen molar-refractivity contribution in [1.29, 1.82) is 0 Å². The number of aryl methyl sites for hydroxylation is 2. The largest absolute Gasteiger partial charge is 0.300 e. The molecule has 0 aliphatic heterocycles. The van der Waals surface area contributed by atoms with E-state index in [0.717, 1.165) is 0 Å². The Labute approximate surface area is 135 Å². The van der Waals surface area contributed by atoms with Gasteiger partial charge in [0.1, 0.15) is 5.78 Å². The Bertz CT molecular complexity index is 597. The summed E-state index contributed by atoms with van der Waals surface area (Å²) in [5.74, 6) is 0.629. The van der Waals surface area contributed by atoms with E-state index in [1.54, 1.807) is 0 Å². The van der Waals surface area contributed by atoms with Gasteiger partial charge in [0.15, 0.2) is 0 Å². The number of ketones is 1. The van der Waals surface area contributed by atoms with Crippen LogP contribution in [0.2, 0.25) is 0 Å². The van der Waals surface area contributed by atoms with Crippen molar-refractivity contribution in [3.05, 3.63) is 69.8 Å². The van der Waals surface area contributed by atoms with Gasteiger partial charge in [-0.25, -0.2) is 0 Å². The number of Topliss-reactive ketones (excluding diaryl/α,β-unsaturated/α-hetero) is 1. The molecule has 2 rings (SSSR count). The van der Waals surface area contributed by atoms with Crippen LogP contribution in [0.3, 0.4) is 0 Å². The van der Waals surface area contributed by atoms with Crippen molar-refractivity contribution >= 4 is 5.78 Å². The Balaban J connectivity index is 0.000000541. The Morgan fingerprint density at radius 3 is 1.41 bits per heavy atom. The Morgan fingerprint density at radius 2 is 1.09 bits per heavy atom. The van der Waals surface area contributed by atoms with Gasteiger partial charge in [-0.15, -0.1) is 0 Å². The molecule has 1 heteroatoms. The van der Waals surface area contributed by atoms with Crippen LogP contribution < -0.4 is 0 Å². The van der Waals surface area contributed by atoms with E-state index < -0.39 is 0 Å². The first-order chi connectivity index (χ1) is 10.3. The van der Waals surface area contributed by atoms with Crippen LogP contribution in [0.25, 0.3) is 0 Å². The van der Waals surface area contributed by atoms with Crippen LogP contribution in [-0.2, 0) is 4.79 Å². The lowest BCUT2D eigenvalue weighted by Crippen LogP contribution is -2.03. The summed E-state index contributed by atoms with van der Waals surface area (Å²) in [6.07, 6.45) is 0. The fraction of sp³-hybridized carbons (Fsp3) is 0.381. The molecular weight excluding hydrogens is 268 g/mol. The van der Waals surface area contributed by atoms with Crippen LogP contribution >= 0.6 is 0 Å². The van der Waals surface area contributed by atoms with Gasteiger partial charge in [0, 0.05) is 5.92 Å². The smallest absolute Gasteiger partial charge is 0.126 e. The molecule has 2 aromatic rings. The van der Waals surface area contributed by atoms with Crippen LogP contribution in [0, 0.1) is 27.7 Å². The minimum Gasteiger partial charge on any atom is -0.300 e. The molecule has 0 spiro atoms. The second-order valence-electron chi connectivity index (χ2n) is 6.21. The highest BCUT2D eigenvalue weighted by Gasteiger charge is 2.14. The highest BCUT2D eigenvalue weighted by molar-refractivity contribution is 5.72. The molecule has 0 saturated heterocycles. The number of carbonyl (C=O) groups excluding carboxylic acids is 1. The third-order valence-corrected chi connectivity index (χ3v) is 4.23. The van der Waals surface area contributed by atoms with E-state index in [-0.39, 0.29) is 5.78 Å². The summed E-state index contributed by atoms with van der Waals surface area (Å²) in [5, 5.41) is 0. The number of benzene rings is 2. The average Bonchev–Trinajstić information content (AvgIpc) is 2.43. The molecule has 0 amide bonds. The molecule has 0 radical (unpaired) electrons. The fourth-order valence-electron chi connectivity index (χ4n) is 2.65. The van der Waals surface area contributed by atoms with Crippen LogP contribution in [0.15, 0.2) is 36.4 Å². The molecule has 0 saturated carbocycles. The quantitative estimate of drug-likeness (QED) is 0.698. The third kappa shape index (κ3) is 4.56. The lowest BCUT2D eigenvalue weighted by atomic mass is 9.85. The summed E-state index contributed by atoms with van der Waals surface area (Å²) >= 11 is 0. The minimum atomic E-state index is 0.167. The number of rotatable bonds is 2. The van der Waals surface area contributed by atoms with E-state index in [1.165, 1.54) is 47.2 Å². The zero-order valence-corrected chi connectivity index (χ0v) is 14.9. The Kier molecular flexibility index (Phi) is 6.55. The second-order valence-corrected chi connectivity index (χ2v) is 6.21. The van der Waals surface area contributed by atoms with E-state index in [0.29, 0.717) is 5.92 Å². The molecule has 0 aromatic heterocycles. The van der Waals surface area contributed by atoms with Crippen molar-refractivity contribution in [3.63, 3.8) is 0 Å². The van der Waals surface area contributed by atoms with Crippen LogP contribution in [-0.4, -0.2) is 5.78 Å². The van der Waals surface area contributed by atoms with Crippen molar-refractivity contribution in [3.8, 4) is 0 Å². The SMILES string of the molecule is CC(C)=O.Cc1cccc(C(C)c2cccc(C)c2C)c1C. The predicted molar refractivity (Wildman–Crippen MR) is 95.7 cm³/mol. The molecule has 0 N–H and O–H groups in total. The molecule has 0 fully saturated rings. The Hall–Kier alpha value is -1.89. The van der Waals surface area contributed by atoms with Gasteiger partial charge in [-0.1, -0.05) is 43.3 Å². The molecule has 0 atom stereocenters. The minimum absolute atomic E-state index is 0.167. The predicted octanol–water partition coefficient (Wildman–Crippen LogP) is 5.67. The first-order valence-electron chi connectivity index (χ1n) is 7.85.